The molecule has 2 aliphatic heterocycles. The number of fused-ring (bicyclic) bond motifs is 2. The van der Waals surface area contributed by atoms with Gasteiger partial charge in [-0.3, -0.25) is 4.79 Å². The molecule has 1 aliphatic carbocycles. The summed E-state index contributed by atoms with van der Waals surface area (Å²) in [6.45, 7) is 13.0. The molecule has 3 aromatic rings. The predicted molar refractivity (Wildman–Crippen MR) is 246 cm³/mol. The summed E-state index contributed by atoms with van der Waals surface area (Å²) in [7, 11) is -13.8. The SMILES string of the molecule is CC(C)C(=O)CCCCCN1/C(=C/C=C2\CCCC(/C=C/C3=[N+](CCCCS(=O)(=O)[O-])c4cc[c-]cc4C3(C)C)=C2Oc2ccc(S(=O)(=O)[O-])cc2)C(C)(C)c2cc(S(=O)(=O)[O-])ccc21.[Na+].[Na+].[Na+]. The van der Waals surface area contributed by atoms with Crippen LogP contribution < -0.4 is 98.3 Å². The number of nitrogens with zero attached hydrogens (tertiary/aromatic N) is 2. The Kier molecular flexibility index (Phi) is 22.1. The molecule has 0 saturated heterocycles. The van der Waals surface area contributed by atoms with Gasteiger partial charge in [0.25, 0.3) is 0 Å². The smallest absolute Gasteiger partial charge is 0.748 e. The maximum atomic E-state index is 12.3. The van der Waals surface area contributed by atoms with E-state index < -0.39 is 51.8 Å². The number of benzene rings is 3. The maximum Gasteiger partial charge on any atom is 1.00 e. The molecule has 3 aromatic carbocycles. The van der Waals surface area contributed by atoms with Crippen molar-refractivity contribution >= 4 is 53.2 Å². The van der Waals surface area contributed by atoms with E-state index >= 15 is 0 Å². The molecule has 3 aliphatic rings. The van der Waals surface area contributed by atoms with Crippen LogP contribution >= 0.6 is 0 Å². The first-order valence-corrected chi connectivity index (χ1v) is 26.4. The van der Waals surface area contributed by atoms with E-state index in [2.05, 4.69) is 29.4 Å². The van der Waals surface area contributed by atoms with E-state index in [1.54, 1.807) is 6.07 Å². The molecule has 0 amide bonds. The van der Waals surface area contributed by atoms with Gasteiger partial charge in [0.15, 0.2) is 5.71 Å². The Bertz CT molecular complexity index is 2830. The number of carbonyl (C=O) groups is 1. The zero-order valence-corrected chi connectivity index (χ0v) is 49.2. The molecule has 350 valence electrons. The minimum absolute atomic E-state index is 0. The molecule has 0 saturated carbocycles. The number of unbranched alkanes of at least 4 members (excludes halogenated alkanes) is 3. The van der Waals surface area contributed by atoms with Gasteiger partial charge in [-0.1, -0.05) is 59.6 Å². The van der Waals surface area contributed by atoms with Crippen LogP contribution in [0.4, 0.5) is 11.4 Å². The van der Waals surface area contributed by atoms with Crippen molar-refractivity contribution in [1.29, 1.82) is 0 Å². The zero-order chi connectivity index (χ0) is 47.5. The second-order valence-corrected chi connectivity index (χ2v) is 22.5. The summed E-state index contributed by atoms with van der Waals surface area (Å²) in [6.07, 6.45) is 13.5. The Morgan fingerprint density at radius 2 is 1.46 bits per heavy atom. The molecule has 0 atom stereocenters. The van der Waals surface area contributed by atoms with E-state index in [0.717, 1.165) is 65.2 Å². The molecular weight excluding hydrogens is 958 g/mol. The quantitative estimate of drug-likeness (QED) is 0.0490. The predicted octanol–water partition coefficient (Wildman–Crippen LogP) is -0.525. The standard InChI is InChI=1S/C49H60N2O11S3.3Na/c1-34(2)44(52)19-8-7-11-30-51-43-27-26-39(65(59,60)61)33-41(43)49(5,6)46(51)29-21-36-16-14-15-35(47(36)62-37-22-24-38(25-23-37)64(56,57)58)20-28-45-48(3,4)40-17-9-10-18-42(40)50(45)31-12-13-32-63(53,54)55;;;/h10,17-18,20-29,33-34H,7-8,11-16,19,30-32H2,1-6H3,(H,53,54,55)(H,56,57,58)(H,59,60,61);;;/q;3*+1/p-3. The Labute approximate surface area is 469 Å². The topological polar surface area (TPSA) is 204 Å². The van der Waals surface area contributed by atoms with Crippen LogP contribution in [0.15, 0.2) is 117 Å². The van der Waals surface area contributed by atoms with E-state index in [1.165, 1.54) is 36.4 Å². The first kappa shape index (κ1) is 60.6. The molecule has 13 nitrogen and oxygen atoms in total. The summed E-state index contributed by atoms with van der Waals surface area (Å²) >= 11 is 0. The number of anilines is 1. The molecule has 68 heavy (non-hydrogen) atoms. The molecule has 0 spiro atoms. The van der Waals surface area contributed by atoms with Crippen LogP contribution in [0.1, 0.15) is 110 Å². The van der Waals surface area contributed by atoms with Gasteiger partial charge >= 0.3 is 88.7 Å². The van der Waals surface area contributed by atoms with Gasteiger partial charge < -0.3 is 23.3 Å². The van der Waals surface area contributed by atoms with Crippen LogP contribution in [0.2, 0.25) is 0 Å². The van der Waals surface area contributed by atoms with Crippen LogP contribution in [-0.2, 0) is 46.0 Å². The van der Waals surface area contributed by atoms with Gasteiger partial charge in [0.2, 0.25) is 0 Å². The Balaban J connectivity index is 0.00000408. The third-order valence-electron chi connectivity index (χ3n) is 12.6. The van der Waals surface area contributed by atoms with E-state index in [1.807, 2.05) is 70.2 Å². The average Bonchev–Trinajstić information content (AvgIpc) is 3.57. The van der Waals surface area contributed by atoms with Gasteiger partial charge in [0, 0.05) is 59.3 Å². The average molecular weight is 1020 g/mol. The molecular formula is C49H57N2Na3O11S3. The molecule has 0 aromatic heterocycles. The van der Waals surface area contributed by atoms with Gasteiger partial charge in [0.1, 0.15) is 49.8 Å². The number of hydrogen-bond donors (Lipinski definition) is 0. The van der Waals surface area contributed by atoms with Gasteiger partial charge in [-0.25, -0.2) is 29.8 Å². The first-order chi connectivity index (χ1) is 30.4. The van der Waals surface area contributed by atoms with Crippen molar-refractivity contribution < 1.29 is 142 Å². The van der Waals surface area contributed by atoms with E-state index in [4.69, 9.17) is 4.74 Å². The van der Waals surface area contributed by atoms with Crippen LogP contribution in [0, 0.1) is 12.0 Å². The maximum absolute atomic E-state index is 12.3. The first-order valence-electron chi connectivity index (χ1n) is 22.0. The fraction of sp³-hybridized carbons (Fsp3) is 0.429. The fourth-order valence-corrected chi connectivity index (χ4v) is 10.5. The second kappa shape index (κ2) is 24.8. The minimum atomic E-state index is -4.73. The van der Waals surface area contributed by atoms with Crippen LogP contribution in [0.3, 0.4) is 0 Å². The van der Waals surface area contributed by atoms with Gasteiger partial charge in [0.05, 0.1) is 19.9 Å². The molecule has 19 heteroatoms. The third-order valence-corrected chi connectivity index (χ3v) is 15.0. The summed E-state index contributed by atoms with van der Waals surface area (Å²) in [6, 6.07) is 18.7. The Morgan fingerprint density at radius 1 is 0.794 bits per heavy atom. The monoisotopic (exact) mass is 1010 g/mol. The van der Waals surface area contributed by atoms with Crippen molar-refractivity contribution in [3.05, 3.63) is 125 Å². The van der Waals surface area contributed by atoms with Crippen LogP contribution in [-0.4, -0.2) is 73.8 Å². The molecule has 0 N–H and O–H groups in total. The van der Waals surface area contributed by atoms with Crippen molar-refractivity contribution in [2.24, 2.45) is 5.92 Å². The fourth-order valence-electron chi connectivity index (χ4n) is 8.94. The number of ether oxygens (including phenoxy) is 1. The molecule has 0 bridgehead atoms. The zero-order valence-electron chi connectivity index (χ0n) is 40.8. The normalized spacial score (nSPS) is 17.8. The molecule has 6 rings (SSSR count). The Hall–Kier alpha value is -1.71. The number of allylic oxidation sites excluding steroid dienone is 7. The number of ketones is 1. The second-order valence-electron chi connectivity index (χ2n) is 18.2. The molecule has 0 radical (unpaired) electrons. The summed E-state index contributed by atoms with van der Waals surface area (Å²) in [5, 5.41) is 0. The summed E-state index contributed by atoms with van der Waals surface area (Å²) in [4.78, 5) is 13.8. The molecule has 0 unspecified atom stereocenters. The van der Waals surface area contributed by atoms with E-state index in [0.29, 0.717) is 55.8 Å². The van der Waals surface area contributed by atoms with Crippen molar-refractivity contribution in [1.82, 2.24) is 0 Å². The van der Waals surface area contributed by atoms with Crippen LogP contribution in [0.5, 0.6) is 5.75 Å². The molecule has 2 heterocycles. The van der Waals surface area contributed by atoms with E-state index in [9.17, 15) is 43.7 Å². The van der Waals surface area contributed by atoms with Crippen molar-refractivity contribution in [2.75, 3.05) is 23.7 Å². The van der Waals surface area contributed by atoms with Crippen molar-refractivity contribution in [3.63, 3.8) is 0 Å². The van der Waals surface area contributed by atoms with Crippen molar-refractivity contribution in [3.8, 4) is 5.75 Å². The molecule has 0 fully saturated rings. The minimum Gasteiger partial charge on any atom is -0.748 e. The summed E-state index contributed by atoms with van der Waals surface area (Å²) in [5.74, 6) is 0.579. The summed E-state index contributed by atoms with van der Waals surface area (Å²) in [5.41, 5.74) is 5.75. The number of rotatable bonds is 19. The van der Waals surface area contributed by atoms with Crippen molar-refractivity contribution in [2.45, 2.75) is 120 Å². The van der Waals surface area contributed by atoms with Gasteiger partial charge in [-0.15, -0.1) is 6.07 Å². The number of hydrogen-bond acceptors (Lipinski definition) is 12. The largest absolute Gasteiger partial charge is 1.00 e. The Morgan fingerprint density at radius 3 is 2.09 bits per heavy atom. The summed E-state index contributed by atoms with van der Waals surface area (Å²) < 4.78 is 115. The third kappa shape index (κ3) is 14.7. The van der Waals surface area contributed by atoms with Gasteiger partial charge in [-0.05, 0) is 110 Å². The van der Waals surface area contributed by atoms with Crippen LogP contribution in [0.25, 0.3) is 0 Å². The van der Waals surface area contributed by atoms with Gasteiger partial charge in [-0.2, -0.15) is 18.2 Å². The number of carbonyl (C=O) groups excluding carboxylic acids is 1. The van der Waals surface area contributed by atoms with E-state index in [-0.39, 0.29) is 112 Å². The number of Topliss-reactive ketones (excluding diaryl/α,β-unsaturated/α-hetero) is 1.